The Balaban J connectivity index is 2.44. The molecule has 7 heteroatoms. The Kier molecular flexibility index (Phi) is 6.50. The van der Waals surface area contributed by atoms with Gasteiger partial charge in [0.2, 0.25) is 0 Å². The minimum absolute atomic E-state index is 0.0127. The first-order valence-electron chi connectivity index (χ1n) is 7.56. The van der Waals surface area contributed by atoms with Gasteiger partial charge in [0.15, 0.2) is 0 Å². The molecule has 1 aromatic rings. The van der Waals surface area contributed by atoms with E-state index in [0.717, 1.165) is 5.56 Å². The summed E-state index contributed by atoms with van der Waals surface area (Å²) >= 11 is 0. The molecule has 2 N–H and O–H groups in total. The van der Waals surface area contributed by atoms with E-state index >= 15 is 0 Å². The van der Waals surface area contributed by atoms with Crippen LogP contribution in [-0.2, 0) is 4.74 Å². The number of carbonyl (C=O) groups is 1. The van der Waals surface area contributed by atoms with Crippen LogP contribution >= 0.6 is 0 Å². The molecule has 7 nitrogen and oxygen atoms in total. The van der Waals surface area contributed by atoms with Gasteiger partial charge in [-0.25, -0.2) is 4.79 Å². The van der Waals surface area contributed by atoms with Crippen molar-refractivity contribution >= 4 is 11.8 Å². The van der Waals surface area contributed by atoms with E-state index in [4.69, 9.17) is 4.74 Å². The summed E-state index contributed by atoms with van der Waals surface area (Å²) < 4.78 is 5.19. The number of amides is 1. The predicted octanol–water partition coefficient (Wildman–Crippen LogP) is 3.16. The molecule has 0 spiro atoms. The number of hydrogen-bond donors (Lipinski definition) is 2. The van der Waals surface area contributed by atoms with Crippen molar-refractivity contribution in [3.05, 3.63) is 39.9 Å². The summed E-state index contributed by atoms with van der Waals surface area (Å²) in [5.41, 5.74) is 0.490. The van der Waals surface area contributed by atoms with Gasteiger partial charge in [-0.1, -0.05) is 12.1 Å². The zero-order chi connectivity index (χ0) is 17.6. The minimum Gasteiger partial charge on any atom is -0.444 e. The molecule has 2 atom stereocenters. The fourth-order valence-electron chi connectivity index (χ4n) is 1.92. The van der Waals surface area contributed by atoms with Gasteiger partial charge in [-0.05, 0) is 40.2 Å². The largest absolute Gasteiger partial charge is 0.444 e. The average Bonchev–Trinajstić information content (AvgIpc) is 2.42. The minimum atomic E-state index is -0.525. The lowest BCUT2D eigenvalue weighted by molar-refractivity contribution is -0.384. The van der Waals surface area contributed by atoms with E-state index in [-0.39, 0.29) is 17.8 Å². The Hall–Kier alpha value is -2.15. The standard InChI is InChI=1S/C16H25N3O4/c1-11(18-15(20)23-16(3,4)5)10-17-12(2)13-6-8-14(9-7-13)19(21)22/h6-9,11-12,17H,10H2,1-5H3,(H,18,20). The molecular weight excluding hydrogens is 298 g/mol. The monoisotopic (exact) mass is 323 g/mol. The highest BCUT2D eigenvalue weighted by Gasteiger charge is 2.18. The van der Waals surface area contributed by atoms with Crippen LogP contribution in [0.5, 0.6) is 0 Å². The maximum absolute atomic E-state index is 11.7. The normalized spacial score (nSPS) is 14.0. The number of carbonyl (C=O) groups excluding carboxylic acids is 1. The number of ether oxygens (including phenoxy) is 1. The van der Waals surface area contributed by atoms with E-state index in [2.05, 4.69) is 10.6 Å². The zero-order valence-corrected chi connectivity index (χ0v) is 14.3. The van der Waals surface area contributed by atoms with Crippen LogP contribution in [0.25, 0.3) is 0 Å². The molecule has 0 radical (unpaired) electrons. The van der Waals surface area contributed by atoms with Crippen LogP contribution < -0.4 is 10.6 Å². The van der Waals surface area contributed by atoms with Crippen molar-refractivity contribution in [3.8, 4) is 0 Å². The molecule has 0 heterocycles. The van der Waals surface area contributed by atoms with Crippen molar-refractivity contribution in [2.24, 2.45) is 0 Å². The van der Waals surface area contributed by atoms with Crippen molar-refractivity contribution in [1.29, 1.82) is 0 Å². The molecule has 128 valence electrons. The van der Waals surface area contributed by atoms with E-state index in [1.165, 1.54) is 12.1 Å². The second-order valence-corrected chi connectivity index (χ2v) is 6.53. The molecule has 1 rings (SSSR count). The van der Waals surface area contributed by atoms with E-state index in [1.54, 1.807) is 12.1 Å². The van der Waals surface area contributed by atoms with Crippen LogP contribution in [0, 0.1) is 10.1 Å². The second kappa shape index (κ2) is 7.92. The highest BCUT2D eigenvalue weighted by atomic mass is 16.6. The van der Waals surface area contributed by atoms with Gasteiger partial charge < -0.3 is 15.4 Å². The number of nitrogens with zero attached hydrogens (tertiary/aromatic N) is 1. The van der Waals surface area contributed by atoms with Crippen LogP contribution in [0.1, 0.15) is 46.2 Å². The summed E-state index contributed by atoms with van der Waals surface area (Å²) in [6.07, 6.45) is -0.449. The first-order chi connectivity index (χ1) is 10.6. The number of rotatable bonds is 6. The lowest BCUT2D eigenvalue weighted by Gasteiger charge is -2.23. The van der Waals surface area contributed by atoms with Crippen molar-refractivity contribution in [3.63, 3.8) is 0 Å². The average molecular weight is 323 g/mol. The van der Waals surface area contributed by atoms with Gasteiger partial charge in [-0.2, -0.15) is 0 Å². The highest BCUT2D eigenvalue weighted by Crippen LogP contribution is 2.17. The molecule has 0 aromatic heterocycles. The number of non-ortho nitro benzene ring substituents is 1. The van der Waals surface area contributed by atoms with E-state index in [1.807, 2.05) is 34.6 Å². The van der Waals surface area contributed by atoms with Crippen molar-refractivity contribution < 1.29 is 14.5 Å². The summed E-state index contributed by atoms with van der Waals surface area (Å²) in [5, 5.41) is 16.7. The Bertz CT molecular complexity index is 537. The summed E-state index contributed by atoms with van der Waals surface area (Å²) in [6, 6.07) is 6.32. The van der Waals surface area contributed by atoms with Gasteiger partial charge in [-0.15, -0.1) is 0 Å². The van der Waals surface area contributed by atoms with Gasteiger partial charge >= 0.3 is 6.09 Å². The lowest BCUT2D eigenvalue weighted by Crippen LogP contribution is -2.43. The van der Waals surface area contributed by atoms with Crippen LogP contribution in [0.15, 0.2) is 24.3 Å². The third-order valence-electron chi connectivity index (χ3n) is 3.10. The zero-order valence-electron chi connectivity index (χ0n) is 14.3. The maximum Gasteiger partial charge on any atom is 0.407 e. The Morgan fingerprint density at radius 3 is 2.30 bits per heavy atom. The molecule has 1 aromatic carbocycles. The van der Waals surface area contributed by atoms with Crippen LogP contribution in [-0.4, -0.2) is 29.2 Å². The molecule has 23 heavy (non-hydrogen) atoms. The summed E-state index contributed by atoms with van der Waals surface area (Å²) in [4.78, 5) is 21.9. The molecule has 1 amide bonds. The first kappa shape index (κ1) is 18.9. The Labute approximate surface area is 136 Å². The number of nitro benzene ring substituents is 1. The fraction of sp³-hybridized carbons (Fsp3) is 0.562. The van der Waals surface area contributed by atoms with Crippen LogP contribution in [0.3, 0.4) is 0 Å². The molecule has 0 saturated carbocycles. The highest BCUT2D eigenvalue weighted by molar-refractivity contribution is 5.68. The third kappa shape index (κ3) is 7.10. The number of nitro groups is 1. The van der Waals surface area contributed by atoms with Crippen LogP contribution in [0.4, 0.5) is 10.5 Å². The molecule has 0 aliphatic rings. The van der Waals surface area contributed by atoms with Crippen molar-refractivity contribution in [2.45, 2.75) is 52.3 Å². The van der Waals surface area contributed by atoms with Crippen LogP contribution in [0.2, 0.25) is 0 Å². The molecule has 0 aliphatic heterocycles. The van der Waals surface area contributed by atoms with E-state index < -0.39 is 16.6 Å². The van der Waals surface area contributed by atoms with Crippen molar-refractivity contribution in [1.82, 2.24) is 10.6 Å². The maximum atomic E-state index is 11.7. The Morgan fingerprint density at radius 1 is 1.26 bits per heavy atom. The fourth-order valence-corrected chi connectivity index (χ4v) is 1.92. The first-order valence-corrected chi connectivity index (χ1v) is 7.56. The predicted molar refractivity (Wildman–Crippen MR) is 88.3 cm³/mol. The summed E-state index contributed by atoms with van der Waals surface area (Å²) in [5.74, 6) is 0. The van der Waals surface area contributed by atoms with Gasteiger partial charge in [0.25, 0.3) is 5.69 Å². The summed E-state index contributed by atoms with van der Waals surface area (Å²) in [7, 11) is 0. The van der Waals surface area contributed by atoms with Gasteiger partial charge in [0, 0.05) is 30.8 Å². The lowest BCUT2D eigenvalue weighted by atomic mass is 10.1. The third-order valence-corrected chi connectivity index (χ3v) is 3.10. The molecule has 0 fully saturated rings. The number of nitrogens with one attached hydrogen (secondary N) is 2. The number of alkyl carbamates (subject to hydrolysis) is 1. The molecule has 0 saturated heterocycles. The number of hydrogen-bond acceptors (Lipinski definition) is 5. The second-order valence-electron chi connectivity index (χ2n) is 6.53. The topological polar surface area (TPSA) is 93.5 Å². The molecular formula is C16H25N3O4. The van der Waals surface area contributed by atoms with Gasteiger partial charge in [0.1, 0.15) is 5.60 Å². The van der Waals surface area contributed by atoms with E-state index in [0.29, 0.717) is 6.54 Å². The van der Waals surface area contributed by atoms with E-state index in [9.17, 15) is 14.9 Å². The quantitative estimate of drug-likeness (QED) is 0.619. The molecule has 2 unspecified atom stereocenters. The Morgan fingerprint density at radius 2 is 1.83 bits per heavy atom. The van der Waals surface area contributed by atoms with Gasteiger partial charge in [0.05, 0.1) is 4.92 Å². The smallest absolute Gasteiger partial charge is 0.407 e. The molecule has 0 aliphatic carbocycles. The number of benzene rings is 1. The molecule has 0 bridgehead atoms. The van der Waals surface area contributed by atoms with Gasteiger partial charge in [-0.3, -0.25) is 10.1 Å². The van der Waals surface area contributed by atoms with Crippen molar-refractivity contribution in [2.75, 3.05) is 6.54 Å². The summed E-state index contributed by atoms with van der Waals surface area (Å²) in [6.45, 7) is 9.82. The SMILES string of the molecule is CC(CNC(C)c1ccc([N+](=O)[O-])cc1)NC(=O)OC(C)(C)C.